The third-order valence-electron chi connectivity index (χ3n) is 3.40. The fourth-order valence-electron chi connectivity index (χ4n) is 2.20. The van der Waals surface area contributed by atoms with Crippen molar-refractivity contribution in [1.82, 2.24) is 10.3 Å². The molecule has 0 saturated carbocycles. The van der Waals surface area contributed by atoms with Crippen LogP contribution in [0.5, 0.6) is 5.75 Å². The standard InChI is InChI=1S/C17H18Cl2N2O4/c1-3-24-17(23)13-9-14(15(21-13)16(22)20-2)25-8-7-10-11(18)5-4-6-12(10)19/h4-6,9,21H,3,7-8H2,1-2H3,(H,20,22). The minimum absolute atomic E-state index is 0.145. The van der Waals surface area contributed by atoms with E-state index >= 15 is 0 Å². The van der Waals surface area contributed by atoms with Crippen LogP contribution in [0.1, 0.15) is 33.5 Å². The van der Waals surface area contributed by atoms with Crippen molar-refractivity contribution in [2.24, 2.45) is 0 Å². The number of carbonyl (C=O) groups is 2. The summed E-state index contributed by atoms with van der Waals surface area (Å²) >= 11 is 12.2. The van der Waals surface area contributed by atoms with Gasteiger partial charge in [0.05, 0.1) is 13.2 Å². The molecule has 25 heavy (non-hydrogen) atoms. The van der Waals surface area contributed by atoms with Crippen LogP contribution in [0.2, 0.25) is 10.0 Å². The summed E-state index contributed by atoms with van der Waals surface area (Å²) in [6.07, 6.45) is 0.450. The number of aromatic amines is 1. The summed E-state index contributed by atoms with van der Waals surface area (Å²) in [5, 5.41) is 3.58. The van der Waals surface area contributed by atoms with E-state index in [2.05, 4.69) is 10.3 Å². The molecular weight excluding hydrogens is 367 g/mol. The van der Waals surface area contributed by atoms with Crippen LogP contribution in [-0.2, 0) is 11.2 Å². The first-order chi connectivity index (χ1) is 12.0. The number of hydrogen-bond acceptors (Lipinski definition) is 4. The van der Waals surface area contributed by atoms with Crippen molar-refractivity contribution < 1.29 is 19.1 Å². The third kappa shape index (κ3) is 4.67. The van der Waals surface area contributed by atoms with E-state index in [9.17, 15) is 9.59 Å². The number of esters is 1. The average Bonchev–Trinajstić information content (AvgIpc) is 3.01. The fraction of sp³-hybridized carbons (Fsp3) is 0.294. The number of amides is 1. The number of hydrogen-bond donors (Lipinski definition) is 2. The summed E-state index contributed by atoms with van der Waals surface area (Å²) in [6.45, 7) is 2.16. The summed E-state index contributed by atoms with van der Waals surface area (Å²) in [5.74, 6) is -0.705. The van der Waals surface area contributed by atoms with Crippen molar-refractivity contribution >= 4 is 35.1 Å². The van der Waals surface area contributed by atoms with Crippen LogP contribution in [0.25, 0.3) is 0 Å². The number of benzene rings is 1. The second-order valence-electron chi connectivity index (χ2n) is 5.02. The van der Waals surface area contributed by atoms with E-state index in [4.69, 9.17) is 32.7 Å². The molecule has 2 aromatic rings. The van der Waals surface area contributed by atoms with Gasteiger partial charge < -0.3 is 19.8 Å². The maximum atomic E-state index is 12.0. The summed E-state index contributed by atoms with van der Waals surface area (Å²) in [5.41, 5.74) is 1.05. The van der Waals surface area contributed by atoms with E-state index in [1.165, 1.54) is 13.1 Å². The molecule has 0 atom stereocenters. The normalized spacial score (nSPS) is 10.4. The third-order valence-corrected chi connectivity index (χ3v) is 4.11. The maximum Gasteiger partial charge on any atom is 0.354 e. The summed E-state index contributed by atoms with van der Waals surface area (Å²) in [7, 11) is 1.49. The fourth-order valence-corrected chi connectivity index (χ4v) is 2.78. The first-order valence-corrected chi connectivity index (χ1v) is 8.41. The van der Waals surface area contributed by atoms with Crippen LogP contribution in [0.15, 0.2) is 24.3 Å². The van der Waals surface area contributed by atoms with Gasteiger partial charge in [0, 0.05) is 29.6 Å². The summed E-state index contributed by atoms with van der Waals surface area (Å²) < 4.78 is 10.6. The van der Waals surface area contributed by atoms with Gasteiger partial charge in [-0.2, -0.15) is 0 Å². The number of nitrogens with one attached hydrogen (secondary N) is 2. The highest BCUT2D eigenvalue weighted by molar-refractivity contribution is 6.35. The number of rotatable bonds is 7. The zero-order valence-electron chi connectivity index (χ0n) is 13.8. The zero-order valence-corrected chi connectivity index (χ0v) is 15.3. The molecule has 0 aliphatic carbocycles. The summed E-state index contributed by atoms with van der Waals surface area (Å²) in [6, 6.07) is 6.69. The lowest BCUT2D eigenvalue weighted by Gasteiger charge is -2.09. The van der Waals surface area contributed by atoms with Gasteiger partial charge >= 0.3 is 5.97 Å². The van der Waals surface area contributed by atoms with Crippen molar-refractivity contribution in [2.75, 3.05) is 20.3 Å². The molecule has 6 nitrogen and oxygen atoms in total. The second-order valence-corrected chi connectivity index (χ2v) is 5.83. The molecule has 0 aliphatic rings. The van der Waals surface area contributed by atoms with Gasteiger partial charge in [-0.3, -0.25) is 4.79 Å². The predicted octanol–water partition coefficient (Wildman–Crippen LogP) is 3.48. The van der Waals surface area contributed by atoms with Crippen molar-refractivity contribution in [2.45, 2.75) is 13.3 Å². The molecular formula is C17H18Cl2N2O4. The Bertz CT molecular complexity index is 754. The second kappa shape index (κ2) is 8.78. The Morgan fingerprint density at radius 2 is 1.92 bits per heavy atom. The van der Waals surface area contributed by atoms with Crippen LogP contribution < -0.4 is 10.1 Å². The lowest BCUT2D eigenvalue weighted by atomic mass is 10.1. The lowest BCUT2D eigenvalue weighted by molar-refractivity contribution is 0.0520. The van der Waals surface area contributed by atoms with E-state index in [1.54, 1.807) is 25.1 Å². The van der Waals surface area contributed by atoms with Gasteiger partial charge in [0.2, 0.25) is 0 Å². The minimum atomic E-state index is -0.559. The predicted molar refractivity (Wildman–Crippen MR) is 95.8 cm³/mol. The van der Waals surface area contributed by atoms with E-state index in [0.717, 1.165) is 5.56 Å². The SMILES string of the molecule is CCOC(=O)c1cc(OCCc2c(Cl)cccc2Cl)c(C(=O)NC)[nH]1. The minimum Gasteiger partial charge on any atom is -0.491 e. The smallest absolute Gasteiger partial charge is 0.354 e. The van der Waals surface area contributed by atoms with Gasteiger partial charge in [0.25, 0.3) is 5.91 Å². The number of carbonyl (C=O) groups excluding carboxylic acids is 2. The highest BCUT2D eigenvalue weighted by atomic mass is 35.5. The van der Waals surface area contributed by atoms with Crippen LogP contribution in [0, 0.1) is 0 Å². The monoisotopic (exact) mass is 384 g/mol. The molecule has 0 fully saturated rings. The molecule has 1 aromatic heterocycles. The molecule has 1 aromatic carbocycles. The highest BCUT2D eigenvalue weighted by Crippen LogP contribution is 2.26. The number of halogens is 2. The molecule has 0 spiro atoms. The Hall–Kier alpha value is -2.18. The maximum absolute atomic E-state index is 12.0. The van der Waals surface area contributed by atoms with Crippen LogP contribution >= 0.6 is 23.2 Å². The summed E-state index contributed by atoms with van der Waals surface area (Å²) in [4.78, 5) is 26.5. The molecule has 0 bridgehead atoms. The molecule has 8 heteroatoms. The number of aromatic nitrogens is 1. The molecule has 0 unspecified atom stereocenters. The van der Waals surface area contributed by atoms with Gasteiger partial charge in [-0.05, 0) is 24.6 Å². The van der Waals surface area contributed by atoms with E-state index in [-0.39, 0.29) is 30.4 Å². The number of H-pyrrole nitrogens is 1. The number of ether oxygens (including phenoxy) is 2. The first-order valence-electron chi connectivity index (χ1n) is 7.65. The van der Waals surface area contributed by atoms with Crippen LogP contribution in [0.3, 0.4) is 0 Å². The van der Waals surface area contributed by atoms with Crippen molar-refractivity contribution in [1.29, 1.82) is 0 Å². The molecule has 134 valence electrons. The van der Waals surface area contributed by atoms with E-state index in [0.29, 0.717) is 16.5 Å². The van der Waals surface area contributed by atoms with Crippen molar-refractivity contribution in [3.63, 3.8) is 0 Å². The van der Waals surface area contributed by atoms with E-state index < -0.39 is 11.9 Å². The van der Waals surface area contributed by atoms with Gasteiger partial charge in [-0.1, -0.05) is 29.3 Å². The first kappa shape index (κ1) is 19.1. The molecule has 0 radical (unpaired) electrons. The van der Waals surface area contributed by atoms with Crippen molar-refractivity contribution in [3.05, 3.63) is 51.3 Å². The molecule has 0 aliphatic heterocycles. The van der Waals surface area contributed by atoms with E-state index in [1.807, 2.05) is 0 Å². The average molecular weight is 385 g/mol. The molecule has 1 heterocycles. The van der Waals surface area contributed by atoms with Gasteiger partial charge in [-0.15, -0.1) is 0 Å². The largest absolute Gasteiger partial charge is 0.491 e. The quantitative estimate of drug-likeness (QED) is 0.716. The highest BCUT2D eigenvalue weighted by Gasteiger charge is 2.20. The van der Waals surface area contributed by atoms with Gasteiger partial charge in [0.1, 0.15) is 11.4 Å². The van der Waals surface area contributed by atoms with Gasteiger partial charge in [-0.25, -0.2) is 4.79 Å². The van der Waals surface area contributed by atoms with Crippen LogP contribution in [0.4, 0.5) is 0 Å². The Labute approximate surface area is 155 Å². The Morgan fingerprint density at radius 3 is 2.52 bits per heavy atom. The lowest BCUT2D eigenvalue weighted by Crippen LogP contribution is -2.19. The Kier molecular flexibility index (Phi) is 6.73. The van der Waals surface area contributed by atoms with Crippen molar-refractivity contribution in [3.8, 4) is 5.75 Å². The topological polar surface area (TPSA) is 80.4 Å². The molecule has 2 N–H and O–H groups in total. The zero-order chi connectivity index (χ0) is 18.4. The molecule has 0 saturated heterocycles. The molecule has 2 rings (SSSR count). The van der Waals surface area contributed by atoms with Gasteiger partial charge in [0.15, 0.2) is 5.75 Å². The Balaban J connectivity index is 2.14. The van der Waals surface area contributed by atoms with Crippen LogP contribution in [-0.4, -0.2) is 37.1 Å². The molecule has 1 amide bonds. The Morgan fingerprint density at radius 1 is 1.24 bits per heavy atom.